The summed E-state index contributed by atoms with van der Waals surface area (Å²) in [6, 6.07) is -0.647. The van der Waals surface area contributed by atoms with Crippen molar-refractivity contribution in [1.82, 2.24) is 5.32 Å². The van der Waals surface area contributed by atoms with Crippen molar-refractivity contribution in [1.29, 1.82) is 0 Å². The highest BCUT2D eigenvalue weighted by Crippen LogP contribution is 2.45. The lowest BCUT2D eigenvalue weighted by Crippen LogP contribution is -2.61. The van der Waals surface area contributed by atoms with Crippen LogP contribution in [0.3, 0.4) is 0 Å². The van der Waals surface area contributed by atoms with Gasteiger partial charge in [0.2, 0.25) is 0 Å². The van der Waals surface area contributed by atoms with Gasteiger partial charge in [-0.15, -0.1) is 0 Å². The fourth-order valence-corrected chi connectivity index (χ4v) is 2.18. The van der Waals surface area contributed by atoms with Crippen molar-refractivity contribution in [3.63, 3.8) is 0 Å². The Morgan fingerprint density at radius 2 is 1.38 bits per heavy atom. The van der Waals surface area contributed by atoms with Crippen molar-refractivity contribution >= 4 is 5.91 Å². The molecule has 26 heavy (non-hydrogen) atoms. The van der Waals surface area contributed by atoms with Crippen molar-refractivity contribution in [3.8, 4) is 0 Å². The van der Waals surface area contributed by atoms with E-state index >= 15 is 0 Å². The number of hydrogen-bond donors (Lipinski definition) is 1. The van der Waals surface area contributed by atoms with Crippen LogP contribution in [-0.4, -0.2) is 18.7 Å². The topological polar surface area (TPSA) is 38.3 Å². The van der Waals surface area contributed by atoms with Gasteiger partial charge in [-0.2, -0.15) is 39.5 Å². The van der Waals surface area contributed by atoms with Gasteiger partial charge in [0.1, 0.15) is 0 Å². The molecule has 144 valence electrons. The minimum absolute atomic E-state index is 0.156. The zero-order valence-corrected chi connectivity index (χ0v) is 12.4. The van der Waals surface area contributed by atoms with Crippen LogP contribution in [0.2, 0.25) is 0 Å². The number of carbonyl (C=O) groups excluding carboxylic acids is 1. The highest BCUT2D eigenvalue weighted by molar-refractivity contribution is 5.94. The molecule has 1 aromatic rings. The molecule has 12 heteroatoms. The maximum absolute atomic E-state index is 13.5. The molecule has 2 rings (SSSR count). The summed E-state index contributed by atoms with van der Waals surface area (Å²) in [6.45, 7) is 2.05. The van der Waals surface area contributed by atoms with Gasteiger partial charge in [-0.1, -0.05) is 6.58 Å². The Balaban J connectivity index is 2.77. The fourth-order valence-electron chi connectivity index (χ4n) is 2.18. The van der Waals surface area contributed by atoms with Gasteiger partial charge in [0.05, 0.1) is 17.7 Å². The van der Waals surface area contributed by atoms with Crippen molar-refractivity contribution in [2.24, 2.45) is 0 Å². The first kappa shape index (κ1) is 20.1. The number of benzene rings is 1. The molecule has 1 aliphatic rings. The third-order valence-electron chi connectivity index (χ3n) is 3.47. The van der Waals surface area contributed by atoms with E-state index in [-0.39, 0.29) is 18.2 Å². The van der Waals surface area contributed by atoms with E-state index in [2.05, 4.69) is 11.3 Å². The summed E-state index contributed by atoms with van der Waals surface area (Å²) < 4.78 is 122. The number of halogens is 9. The fraction of sp³-hybridized carbons (Fsp3) is 0.357. The molecule has 0 aromatic heterocycles. The molecule has 1 aromatic carbocycles. The second-order valence-corrected chi connectivity index (χ2v) is 5.32. The third kappa shape index (κ3) is 3.50. The quantitative estimate of drug-likeness (QED) is 0.576. The normalized spacial score (nSPS) is 22.3. The molecule has 0 aliphatic carbocycles. The number of ether oxygens (including phenoxy) is 1. The molecule has 3 nitrogen and oxygen atoms in total. The van der Waals surface area contributed by atoms with Crippen LogP contribution in [0.15, 0.2) is 30.4 Å². The molecule has 1 N–H and O–H groups in total. The molecule has 0 spiro atoms. The highest BCUT2D eigenvalue weighted by Gasteiger charge is 2.61. The Morgan fingerprint density at radius 3 is 1.73 bits per heavy atom. The smallest absolute Gasteiger partial charge is 0.339 e. The van der Waals surface area contributed by atoms with Crippen LogP contribution in [0.4, 0.5) is 39.5 Å². The molecular formula is C14H8F9NO2. The molecular weight excluding hydrogens is 385 g/mol. The van der Waals surface area contributed by atoms with E-state index in [4.69, 9.17) is 0 Å². The Morgan fingerprint density at radius 1 is 0.923 bits per heavy atom. The van der Waals surface area contributed by atoms with Crippen molar-refractivity contribution in [2.75, 3.05) is 6.61 Å². The molecule has 0 saturated carbocycles. The summed E-state index contributed by atoms with van der Waals surface area (Å²) in [5.74, 6) is -1.42. The maximum atomic E-state index is 13.5. The van der Waals surface area contributed by atoms with Crippen LogP contribution >= 0.6 is 0 Å². The summed E-state index contributed by atoms with van der Waals surface area (Å²) >= 11 is 0. The number of alkyl halides is 9. The average molecular weight is 393 g/mol. The van der Waals surface area contributed by atoms with E-state index < -0.39 is 59.0 Å². The lowest BCUT2D eigenvalue weighted by atomic mass is 9.94. The van der Waals surface area contributed by atoms with Crippen molar-refractivity contribution in [2.45, 2.75) is 24.3 Å². The van der Waals surface area contributed by atoms with Gasteiger partial charge in [-0.3, -0.25) is 4.79 Å². The second-order valence-electron chi connectivity index (χ2n) is 5.32. The lowest BCUT2D eigenvalue weighted by molar-refractivity contribution is -0.298. The van der Waals surface area contributed by atoms with E-state index in [0.29, 0.717) is 0 Å². The summed E-state index contributed by atoms with van der Waals surface area (Å²) in [5.41, 5.74) is -9.88. The van der Waals surface area contributed by atoms with Gasteiger partial charge in [-0.05, 0) is 18.2 Å². The number of nitrogens with one attached hydrogen (secondary N) is 1. The molecule has 1 amide bonds. The minimum atomic E-state index is -5.56. The van der Waals surface area contributed by atoms with Gasteiger partial charge >= 0.3 is 18.5 Å². The zero-order chi connectivity index (χ0) is 20.1. The van der Waals surface area contributed by atoms with Gasteiger partial charge in [0, 0.05) is 11.1 Å². The molecule has 1 fully saturated rings. The van der Waals surface area contributed by atoms with Crippen LogP contribution in [0.5, 0.6) is 0 Å². The molecule has 1 heterocycles. The number of amides is 1. The summed E-state index contributed by atoms with van der Waals surface area (Å²) in [5, 5.41) is 1.27. The summed E-state index contributed by atoms with van der Waals surface area (Å²) in [6.07, 6.45) is -16.3. The Kier molecular flexibility index (Phi) is 4.55. The zero-order valence-electron chi connectivity index (χ0n) is 12.4. The first-order valence-electron chi connectivity index (χ1n) is 6.59. The second kappa shape index (κ2) is 5.89. The maximum Gasteiger partial charge on any atom is 0.441 e. The van der Waals surface area contributed by atoms with Crippen LogP contribution < -0.4 is 5.32 Å². The predicted octanol–water partition coefficient (Wildman–Crippen LogP) is 4.14. The Hall–Kier alpha value is -2.24. The molecule has 1 atom stereocenters. The first-order chi connectivity index (χ1) is 11.6. The number of carbonyl (C=O) groups is 1. The van der Waals surface area contributed by atoms with E-state index in [1.807, 2.05) is 0 Å². The molecule has 1 unspecified atom stereocenters. The van der Waals surface area contributed by atoms with E-state index in [0.717, 1.165) is 0 Å². The molecule has 1 aliphatic heterocycles. The van der Waals surface area contributed by atoms with Crippen LogP contribution in [0.25, 0.3) is 0 Å². The van der Waals surface area contributed by atoms with E-state index in [1.165, 1.54) is 5.32 Å². The van der Waals surface area contributed by atoms with Gasteiger partial charge in [0.15, 0.2) is 0 Å². The molecule has 0 radical (unpaired) electrons. The first-order valence-corrected chi connectivity index (χ1v) is 6.59. The number of rotatable bonds is 1. The summed E-state index contributed by atoms with van der Waals surface area (Å²) in [4.78, 5) is 11.6. The molecule has 1 saturated heterocycles. The van der Waals surface area contributed by atoms with E-state index in [1.54, 1.807) is 0 Å². The highest BCUT2D eigenvalue weighted by atomic mass is 19.4. The monoisotopic (exact) mass is 393 g/mol. The SMILES string of the molecule is C=C1COC(c2cc(C(F)(F)F)cc(C(F)(F)F)c2)(C(F)(F)F)NC1=O. The van der Waals surface area contributed by atoms with Crippen molar-refractivity contribution < 1.29 is 49.0 Å². The Labute approximate surface area is 139 Å². The van der Waals surface area contributed by atoms with Crippen molar-refractivity contribution in [3.05, 3.63) is 47.0 Å². The van der Waals surface area contributed by atoms with Gasteiger partial charge in [0.25, 0.3) is 11.6 Å². The average Bonchev–Trinajstić information content (AvgIpc) is 2.46. The minimum Gasteiger partial charge on any atom is -0.339 e. The van der Waals surface area contributed by atoms with Crippen LogP contribution in [-0.2, 0) is 27.6 Å². The Bertz CT molecular complexity index is 716. The number of hydrogen-bond acceptors (Lipinski definition) is 2. The van der Waals surface area contributed by atoms with Gasteiger partial charge < -0.3 is 10.1 Å². The third-order valence-corrected chi connectivity index (χ3v) is 3.47. The van der Waals surface area contributed by atoms with Crippen LogP contribution in [0.1, 0.15) is 16.7 Å². The summed E-state index contributed by atoms with van der Waals surface area (Å²) in [7, 11) is 0. The largest absolute Gasteiger partial charge is 0.441 e. The molecule has 0 bridgehead atoms. The lowest BCUT2D eigenvalue weighted by Gasteiger charge is -2.40. The van der Waals surface area contributed by atoms with Crippen LogP contribution in [0, 0.1) is 0 Å². The van der Waals surface area contributed by atoms with E-state index in [9.17, 15) is 44.3 Å². The van der Waals surface area contributed by atoms with Gasteiger partial charge in [-0.25, -0.2) is 0 Å². The predicted molar refractivity (Wildman–Crippen MR) is 67.4 cm³/mol. The standard InChI is InChI=1S/C14H8F9NO2/c1-6-5-26-11(14(21,22)23,24-10(6)25)7-2-8(12(15,16)17)4-9(3-7)13(18,19)20/h2-4H,1,5H2,(H,24,25).